The van der Waals surface area contributed by atoms with Gasteiger partial charge in [0.2, 0.25) is 5.88 Å². The molecule has 1 aromatic heterocycles. The molecular formula is C13H21N3O3. The number of aromatic nitrogens is 2. The van der Waals surface area contributed by atoms with Gasteiger partial charge in [-0.1, -0.05) is 13.8 Å². The van der Waals surface area contributed by atoms with Crippen molar-refractivity contribution >= 4 is 11.8 Å². The van der Waals surface area contributed by atoms with E-state index in [4.69, 9.17) is 9.47 Å². The highest BCUT2D eigenvalue weighted by atomic mass is 16.5. The van der Waals surface area contributed by atoms with Gasteiger partial charge in [-0.3, -0.25) is 0 Å². The van der Waals surface area contributed by atoms with E-state index < -0.39 is 6.04 Å². The second-order valence-electron chi connectivity index (χ2n) is 4.80. The maximum atomic E-state index is 11.7. The fourth-order valence-electron chi connectivity index (χ4n) is 1.51. The minimum Gasteiger partial charge on any atom is -0.475 e. The Bertz CT molecular complexity index is 421. The van der Waals surface area contributed by atoms with Gasteiger partial charge in [0.25, 0.3) is 0 Å². The molecule has 1 N–H and O–H groups in total. The summed E-state index contributed by atoms with van der Waals surface area (Å²) in [5.74, 6) is 0.770. The zero-order valence-electron chi connectivity index (χ0n) is 12.0. The van der Waals surface area contributed by atoms with E-state index >= 15 is 0 Å². The van der Waals surface area contributed by atoms with E-state index in [1.54, 1.807) is 6.07 Å². The molecule has 6 heteroatoms. The van der Waals surface area contributed by atoms with Crippen molar-refractivity contribution in [1.29, 1.82) is 0 Å². The van der Waals surface area contributed by atoms with Crippen LogP contribution in [0, 0.1) is 5.92 Å². The number of nitrogens with one attached hydrogen (secondary N) is 1. The van der Waals surface area contributed by atoms with Gasteiger partial charge in [-0.15, -0.1) is 0 Å². The Hall–Kier alpha value is -1.85. The lowest BCUT2D eigenvalue weighted by molar-refractivity contribution is -0.142. The number of nitrogens with zero attached hydrogens (tertiary/aromatic N) is 2. The number of carbonyl (C=O) groups is 1. The van der Waals surface area contributed by atoms with Gasteiger partial charge in [0.15, 0.2) is 0 Å². The smallest absolute Gasteiger partial charge is 0.328 e. The van der Waals surface area contributed by atoms with Gasteiger partial charge in [-0.2, -0.15) is 0 Å². The van der Waals surface area contributed by atoms with Crippen molar-refractivity contribution in [3.8, 4) is 5.88 Å². The lowest BCUT2D eigenvalue weighted by atomic mass is 10.0. The van der Waals surface area contributed by atoms with Gasteiger partial charge in [0.05, 0.1) is 13.2 Å². The van der Waals surface area contributed by atoms with Gasteiger partial charge < -0.3 is 14.8 Å². The van der Waals surface area contributed by atoms with E-state index in [2.05, 4.69) is 15.3 Å². The molecule has 0 aliphatic carbocycles. The van der Waals surface area contributed by atoms with Crippen molar-refractivity contribution in [2.75, 3.05) is 12.4 Å². The Balaban J connectivity index is 2.82. The molecule has 1 heterocycles. The van der Waals surface area contributed by atoms with E-state index in [1.807, 2.05) is 27.7 Å². The molecule has 0 amide bonds. The molecule has 0 saturated heterocycles. The van der Waals surface area contributed by atoms with Crippen LogP contribution < -0.4 is 10.1 Å². The summed E-state index contributed by atoms with van der Waals surface area (Å²) in [6.07, 6.45) is 1.43. The Labute approximate surface area is 113 Å². The molecule has 6 nitrogen and oxygen atoms in total. The molecular weight excluding hydrogens is 246 g/mol. The van der Waals surface area contributed by atoms with Crippen molar-refractivity contribution in [1.82, 2.24) is 9.97 Å². The van der Waals surface area contributed by atoms with Crippen LogP contribution in [0.3, 0.4) is 0 Å². The van der Waals surface area contributed by atoms with E-state index in [9.17, 15) is 4.79 Å². The van der Waals surface area contributed by atoms with Crippen molar-refractivity contribution in [2.24, 2.45) is 5.92 Å². The van der Waals surface area contributed by atoms with Crippen LogP contribution in [0.5, 0.6) is 5.88 Å². The molecule has 0 spiro atoms. The maximum Gasteiger partial charge on any atom is 0.328 e. The van der Waals surface area contributed by atoms with Gasteiger partial charge in [0, 0.05) is 6.07 Å². The first-order valence-electron chi connectivity index (χ1n) is 6.27. The van der Waals surface area contributed by atoms with Gasteiger partial charge in [-0.25, -0.2) is 14.8 Å². The summed E-state index contributed by atoms with van der Waals surface area (Å²) in [4.78, 5) is 19.7. The summed E-state index contributed by atoms with van der Waals surface area (Å²) in [5.41, 5.74) is 0. The molecule has 19 heavy (non-hydrogen) atoms. The SMILES string of the molecule is COC(=O)C(Nc1cc(OC(C)C)ncn1)C(C)C. The van der Waals surface area contributed by atoms with E-state index in [0.29, 0.717) is 11.7 Å². The molecule has 0 saturated carbocycles. The number of ether oxygens (including phenoxy) is 2. The summed E-state index contributed by atoms with van der Waals surface area (Å²) < 4.78 is 10.2. The standard InChI is InChI=1S/C13H21N3O3/c1-8(2)12(13(17)18-5)16-10-6-11(15-7-14-10)19-9(3)4/h6-9,12H,1-5H3,(H,14,15,16). The highest BCUT2D eigenvalue weighted by Crippen LogP contribution is 2.16. The highest BCUT2D eigenvalue weighted by Gasteiger charge is 2.23. The molecule has 0 aliphatic heterocycles. The van der Waals surface area contributed by atoms with Crippen molar-refractivity contribution in [3.05, 3.63) is 12.4 Å². The molecule has 0 aromatic carbocycles. The second-order valence-corrected chi connectivity index (χ2v) is 4.80. The van der Waals surface area contributed by atoms with Crippen LogP contribution in [0.1, 0.15) is 27.7 Å². The average Bonchev–Trinajstić information content (AvgIpc) is 2.34. The summed E-state index contributed by atoms with van der Waals surface area (Å²) >= 11 is 0. The molecule has 1 rings (SSSR count). The minimum atomic E-state index is -0.452. The van der Waals surface area contributed by atoms with Gasteiger partial charge in [-0.05, 0) is 19.8 Å². The van der Waals surface area contributed by atoms with Crippen molar-refractivity contribution in [2.45, 2.75) is 39.8 Å². The normalized spacial score (nSPS) is 12.4. The maximum absolute atomic E-state index is 11.7. The fraction of sp³-hybridized carbons (Fsp3) is 0.615. The third-order valence-electron chi connectivity index (χ3n) is 2.42. The van der Waals surface area contributed by atoms with E-state index in [-0.39, 0.29) is 18.0 Å². The monoisotopic (exact) mass is 267 g/mol. The van der Waals surface area contributed by atoms with Crippen molar-refractivity contribution < 1.29 is 14.3 Å². The highest BCUT2D eigenvalue weighted by molar-refractivity contribution is 5.79. The lowest BCUT2D eigenvalue weighted by Gasteiger charge is -2.20. The van der Waals surface area contributed by atoms with Crippen LogP contribution in [0.15, 0.2) is 12.4 Å². The first kappa shape index (κ1) is 15.2. The molecule has 1 unspecified atom stereocenters. The topological polar surface area (TPSA) is 73.3 Å². The molecule has 0 radical (unpaired) electrons. The van der Waals surface area contributed by atoms with Gasteiger partial charge >= 0.3 is 5.97 Å². The largest absolute Gasteiger partial charge is 0.475 e. The Morgan fingerprint density at radius 1 is 1.26 bits per heavy atom. The number of carbonyl (C=O) groups excluding carboxylic acids is 1. The van der Waals surface area contributed by atoms with Crippen LogP contribution in [-0.4, -0.2) is 35.2 Å². The van der Waals surface area contributed by atoms with Crippen LogP contribution in [0.25, 0.3) is 0 Å². The fourth-order valence-corrected chi connectivity index (χ4v) is 1.51. The van der Waals surface area contributed by atoms with Crippen LogP contribution in [0.2, 0.25) is 0 Å². The number of hydrogen-bond donors (Lipinski definition) is 1. The predicted molar refractivity (Wildman–Crippen MR) is 72.1 cm³/mol. The zero-order valence-corrected chi connectivity index (χ0v) is 12.0. The molecule has 0 aliphatic rings. The molecule has 1 atom stereocenters. The lowest BCUT2D eigenvalue weighted by Crippen LogP contribution is -2.35. The number of esters is 1. The quantitative estimate of drug-likeness (QED) is 0.793. The summed E-state index contributed by atoms with van der Waals surface area (Å²) in [6, 6.07) is 1.21. The van der Waals surface area contributed by atoms with E-state index in [0.717, 1.165) is 0 Å². The number of anilines is 1. The van der Waals surface area contributed by atoms with Crippen LogP contribution in [0.4, 0.5) is 5.82 Å². The zero-order chi connectivity index (χ0) is 14.4. The van der Waals surface area contributed by atoms with Gasteiger partial charge in [0.1, 0.15) is 18.2 Å². The van der Waals surface area contributed by atoms with E-state index in [1.165, 1.54) is 13.4 Å². The van der Waals surface area contributed by atoms with Crippen LogP contribution >= 0.6 is 0 Å². The summed E-state index contributed by atoms with van der Waals surface area (Å²) in [5, 5.41) is 3.04. The predicted octanol–water partition coefficient (Wildman–Crippen LogP) is 1.87. The first-order chi connectivity index (χ1) is 8.93. The molecule has 0 bridgehead atoms. The van der Waals surface area contributed by atoms with Crippen LogP contribution in [-0.2, 0) is 9.53 Å². The first-order valence-corrected chi connectivity index (χ1v) is 6.27. The number of rotatable bonds is 6. The van der Waals surface area contributed by atoms with Crippen molar-refractivity contribution in [3.63, 3.8) is 0 Å². The summed E-state index contributed by atoms with van der Waals surface area (Å²) in [7, 11) is 1.37. The third kappa shape index (κ3) is 4.73. The third-order valence-corrected chi connectivity index (χ3v) is 2.42. The number of hydrogen-bond acceptors (Lipinski definition) is 6. The molecule has 106 valence electrons. The Morgan fingerprint density at radius 2 is 1.95 bits per heavy atom. The minimum absolute atomic E-state index is 0.0317. The summed E-state index contributed by atoms with van der Waals surface area (Å²) in [6.45, 7) is 7.70. The second kappa shape index (κ2) is 6.92. The Kier molecular flexibility index (Phi) is 5.54. The Morgan fingerprint density at radius 3 is 2.47 bits per heavy atom. The number of methoxy groups -OCH3 is 1. The average molecular weight is 267 g/mol. The molecule has 0 fully saturated rings. The molecule has 1 aromatic rings.